The Bertz CT molecular complexity index is 408. The zero-order valence-corrected chi connectivity index (χ0v) is 11.3. The minimum atomic E-state index is 0.202. The summed E-state index contributed by atoms with van der Waals surface area (Å²) in [6.07, 6.45) is 1.51. The lowest BCUT2D eigenvalue weighted by Crippen LogP contribution is -2.31. The zero-order chi connectivity index (χ0) is 12.3. The molecule has 17 heavy (non-hydrogen) atoms. The maximum atomic E-state index is 12.1. The summed E-state index contributed by atoms with van der Waals surface area (Å²) in [7, 11) is 0. The minimum absolute atomic E-state index is 0.202. The second-order valence-corrected chi connectivity index (χ2v) is 5.35. The van der Waals surface area contributed by atoms with Crippen LogP contribution in [-0.4, -0.2) is 30.4 Å². The molecular formula is C13H17BrN2O. The lowest BCUT2D eigenvalue weighted by atomic mass is 10.1. The highest BCUT2D eigenvalue weighted by molar-refractivity contribution is 9.10. The topological polar surface area (TPSA) is 46.3 Å². The van der Waals surface area contributed by atoms with Gasteiger partial charge in [-0.25, -0.2) is 0 Å². The standard InChI is InChI=1S/C13H17BrN2O/c14-12-4-2-1-3-11(12)7-13(17)16-6-5-10(8-15)9-16/h1-4,10H,5-9,15H2/t10-/m0/s1. The van der Waals surface area contributed by atoms with Crippen molar-refractivity contribution in [2.75, 3.05) is 19.6 Å². The quantitative estimate of drug-likeness (QED) is 0.924. The molecule has 0 spiro atoms. The van der Waals surface area contributed by atoms with Gasteiger partial charge in [0.1, 0.15) is 0 Å². The number of hydrogen-bond acceptors (Lipinski definition) is 2. The highest BCUT2D eigenvalue weighted by atomic mass is 79.9. The van der Waals surface area contributed by atoms with Crippen LogP contribution in [0.3, 0.4) is 0 Å². The van der Waals surface area contributed by atoms with Crippen molar-refractivity contribution in [1.29, 1.82) is 0 Å². The Labute approximate surface area is 110 Å². The Hall–Kier alpha value is -0.870. The van der Waals surface area contributed by atoms with Gasteiger partial charge in [0.05, 0.1) is 6.42 Å². The molecule has 0 unspecified atom stereocenters. The van der Waals surface area contributed by atoms with Gasteiger partial charge in [0.15, 0.2) is 0 Å². The first-order valence-electron chi connectivity index (χ1n) is 5.92. The third-order valence-electron chi connectivity index (χ3n) is 3.27. The maximum Gasteiger partial charge on any atom is 0.227 e. The van der Waals surface area contributed by atoms with Crippen molar-refractivity contribution in [3.8, 4) is 0 Å². The lowest BCUT2D eigenvalue weighted by Gasteiger charge is -2.16. The maximum absolute atomic E-state index is 12.1. The summed E-state index contributed by atoms with van der Waals surface area (Å²) >= 11 is 3.47. The fourth-order valence-corrected chi connectivity index (χ4v) is 2.59. The predicted molar refractivity (Wildman–Crippen MR) is 71.6 cm³/mol. The summed E-state index contributed by atoms with van der Waals surface area (Å²) in [4.78, 5) is 14.0. The molecule has 3 nitrogen and oxygen atoms in total. The van der Waals surface area contributed by atoms with E-state index >= 15 is 0 Å². The fourth-order valence-electron chi connectivity index (χ4n) is 2.17. The van der Waals surface area contributed by atoms with Crippen molar-refractivity contribution in [2.24, 2.45) is 11.7 Å². The Morgan fingerprint density at radius 3 is 2.88 bits per heavy atom. The van der Waals surface area contributed by atoms with E-state index < -0.39 is 0 Å². The highest BCUT2D eigenvalue weighted by Gasteiger charge is 2.25. The third kappa shape index (κ3) is 3.07. The number of amides is 1. The first kappa shape index (κ1) is 12.6. The lowest BCUT2D eigenvalue weighted by molar-refractivity contribution is -0.129. The molecule has 0 saturated carbocycles. The van der Waals surface area contributed by atoms with Gasteiger partial charge in [0.25, 0.3) is 0 Å². The number of benzene rings is 1. The van der Waals surface area contributed by atoms with Crippen molar-refractivity contribution in [3.05, 3.63) is 34.3 Å². The van der Waals surface area contributed by atoms with Gasteiger partial charge in [0.2, 0.25) is 5.91 Å². The summed E-state index contributed by atoms with van der Waals surface area (Å²) < 4.78 is 1.00. The zero-order valence-electron chi connectivity index (χ0n) is 9.73. The molecular weight excluding hydrogens is 280 g/mol. The predicted octanol–water partition coefficient (Wildman–Crippen LogP) is 1.80. The molecule has 4 heteroatoms. The van der Waals surface area contributed by atoms with Gasteiger partial charge in [-0.3, -0.25) is 4.79 Å². The monoisotopic (exact) mass is 296 g/mol. The molecule has 0 aliphatic carbocycles. The van der Waals surface area contributed by atoms with Crippen LogP contribution in [0.5, 0.6) is 0 Å². The van der Waals surface area contributed by atoms with Crippen LogP contribution < -0.4 is 5.73 Å². The highest BCUT2D eigenvalue weighted by Crippen LogP contribution is 2.20. The fraction of sp³-hybridized carbons (Fsp3) is 0.462. The minimum Gasteiger partial charge on any atom is -0.342 e. The number of nitrogens with two attached hydrogens (primary N) is 1. The van der Waals surface area contributed by atoms with Crippen LogP contribution in [-0.2, 0) is 11.2 Å². The average molecular weight is 297 g/mol. The number of likely N-dealkylation sites (tertiary alicyclic amines) is 1. The van der Waals surface area contributed by atoms with Gasteiger partial charge < -0.3 is 10.6 Å². The molecule has 1 aliphatic rings. The molecule has 1 heterocycles. The SMILES string of the molecule is NC[C@@H]1CCN(C(=O)Cc2ccccc2Br)C1. The van der Waals surface area contributed by atoms with E-state index in [9.17, 15) is 4.79 Å². The third-order valence-corrected chi connectivity index (χ3v) is 4.05. The first-order valence-corrected chi connectivity index (χ1v) is 6.71. The number of carbonyl (C=O) groups is 1. The molecule has 1 aromatic rings. The summed E-state index contributed by atoms with van der Waals surface area (Å²) in [6, 6.07) is 7.87. The summed E-state index contributed by atoms with van der Waals surface area (Å²) in [5, 5.41) is 0. The Morgan fingerprint density at radius 2 is 2.24 bits per heavy atom. The van der Waals surface area contributed by atoms with E-state index in [1.54, 1.807) is 0 Å². The normalized spacial score (nSPS) is 19.6. The molecule has 1 aromatic carbocycles. The van der Waals surface area contributed by atoms with Crippen LogP contribution >= 0.6 is 15.9 Å². The van der Waals surface area contributed by atoms with Gasteiger partial charge in [-0.1, -0.05) is 34.1 Å². The molecule has 1 amide bonds. The Morgan fingerprint density at radius 1 is 1.47 bits per heavy atom. The van der Waals surface area contributed by atoms with Crippen molar-refractivity contribution < 1.29 is 4.79 Å². The van der Waals surface area contributed by atoms with E-state index in [1.165, 1.54) is 0 Å². The second-order valence-electron chi connectivity index (χ2n) is 4.50. The van der Waals surface area contributed by atoms with Crippen molar-refractivity contribution in [1.82, 2.24) is 4.90 Å². The van der Waals surface area contributed by atoms with Crippen molar-refractivity contribution in [3.63, 3.8) is 0 Å². The number of nitrogens with zero attached hydrogens (tertiary/aromatic N) is 1. The van der Waals surface area contributed by atoms with E-state index in [-0.39, 0.29) is 5.91 Å². The van der Waals surface area contributed by atoms with E-state index in [0.29, 0.717) is 18.9 Å². The number of rotatable bonds is 3. The van der Waals surface area contributed by atoms with E-state index in [1.807, 2.05) is 29.2 Å². The van der Waals surface area contributed by atoms with Gasteiger partial charge in [-0.2, -0.15) is 0 Å². The van der Waals surface area contributed by atoms with Crippen molar-refractivity contribution >= 4 is 21.8 Å². The average Bonchev–Trinajstić information content (AvgIpc) is 2.81. The molecule has 0 bridgehead atoms. The number of halogens is 1. The molecule has 0 aromatic heterocycles. The molecule has 1 saturated heterocycles. The molecule has 92 valence electrons. The van der Waals surface area contributed by atoms with Gasteiger partial charge in [-0.05, 0) is 30.5 Å². The summed E-state index contributed by atoms with van der Waals surface area (Å²) in [6.45, 7) is 2.35. The van der Waals surface area contributed by atoms with Crippen LogP contribution in [0.25, 0.3) is 0 Å². The molecule has 2 N–H and O–H groups in total. The van der Waals surface area contributed by atoms with Gasteiger partial charge in [0, 0.05) is 17.6 Å². The van der Waals surface area contributed by atoms with E-state index in [4.69, 9.17) is 5.73 Å². The van der Waals surface area contributed by atoms with E-state index in [0.717, 1.165) is 29.5 Å². The molecule has 1 aliphatic heterocycles. The number of carbonyl (C=O) groups excluding carboxylic acids is 1. The molecule has 2 rings (SSSR count). The largest absolute Gasteiger partial charge is 0.342 e. The molecule has 1 atom stereocenters. The van der Waals surface area contributed by atoms with Crippen LogP contribution in [0.1, 0.15) is 12.0 Å². The molecule has 0 radical (unpaired) electrons. The van der Waals surface area contributed by atoms with Crippen LogP contribution in [0.2, 0.25) is 0 Å². The summed E-state index contributed by atoms with van der Waals surface area (Å²) in [5.41, 5.74) is 6.68. The Balaban J connectivity index is 1.96. The summed E-state index contributed by atoms with van der Waals surface area (Å²) in [5.74, 6) is 0.686. The van der Waals surface area contributed by atoms with Crippen LogP contribution in [0.4, 0.5) is 0 Å². The van der Waals surface area contributed by atoms with Gasteiger partial charge in [-0.15, -0.1) is 0 Å². The second kappa shape index (κ2) is 5.65. The van der Waals surface area contributed by atoms with Crippen LogP contribution in [0.15, 0.2) is 28.7 Å². The van der Waals surface area contributed by atoms with Crippen molar-refractivity contribution in [2.45, 2.75) is 12.8 Å². The van der Waals surface area contributed by atoms with Crippen LogP contribution in [0, 0.1) is 5.92 Å². The van der Waals surface area contributed by atoms with E-state index in [2.05, 4.69) is 15.9 Å². The number of hydrogen-bond donors (Lipinski definition) is 1. The Kier molecular flexibility index (Phi) is 4.18. The smallest absolute Gasteiger partial charge is 0.227 e. The first-order chi connectivity index (χ1) is 8.20. The molecule has 1 fully saturated rings. The van der Waals surface area contributed by atoms with Gasteiger partial charge >= 0.3 is 0 Å².